The normalized spacial score (nSPS) is 9.80. The van der Waals surface area contributed by atoms with Crippen molar-refractivity contribution >= 4 is 11.6 Å². The van der Waals surface area contributed by atoms with E-state index in [-0.39, 0.29) is 5.91 Å². The minimum absolute atomic E-state index is 0.310. The molecule has 1 rings (SSSR count). The summed E-state index contributed by atoms with van der Waals surface area (Å²) in [6, 6.07) is 5.03. The minimum atomic E-state index is -0.340. The lowest BCUT2D eigenvalue weighted by molar-refractivity contribution is -0.0757. The van der Waals surface area contributed by atoms with Crippen molar-refractivity contribution in [3.8, 4) is 5.75 Å². The van der Waals surface area contributed by atoms with Gasteiger partial charge in [-0.05, 0) is 12.1 Å². The van der Waals surface area contributed by atoms with Gasteiger partial charge < -0.3 is 10.5 Å². The number of hydroxylamine groups is 2. The van der Waals surface area contributed by atoms with Crippen LogP contribution in [0.15, 0.2) is 18.2 Å². The number of methoxy groups -OCH3 is 1. The Morgan fingerprint density at radius 3 is 2.60 bits per heavy atom. The van der Waals surface area contributed by atoms with E-state index in [9.17, 15) is 4.79 Å². The van der Waals surface area contributed by atoms with Gasteiger partial charge in [-0.1, -0.05) is 6.07 Å². The van der Waals surface area contributed by atoms with Crippen LogP contribution in [-0.4, -0.2) is 32.2 Å². The molecule has 1 aromatic rings. The molecule has 0 aliphatic rings. The number of rotatable bonds is 3. The fraction of sp³-hybridized carbons (Fsp3) is 0.300. The van der Waals surface area contributed by atoms with E-state index in [0.29, 0.717) is 17.0 Å². The Kier molecular flexibility index (Phi) is 3.51. The van der Waals surface area contributed by atoms with Crippen LogP contribution in [0.2, 0.25) is 0 Å². The molecule has 0 heterocycles. The van der Waals surface area contributed by atoms with Gasteiger partial charge in [-0.25, -0.2) is 5.06 Å². The quantitative estimate of drug-likeness (QED) is 0.595. The molecule has 0 aliphatic heterocycles. The first-order valence-electron chi connectivity index (χ1n) is 4.36. The Balaban J connectivity index is 3.17. The van der Waals surface area contributed by atoms with Crippen molar-refractivity contribution in [3.05, 3.63) is 23.8 Å². The third kappa shape index (κ3) is 2.19. The zero-order chi connectivity index (χ0) is 11.4. The minimum Gasteiger partial charge on any atom is -0.496 e. The zero-order valence-corrected chi connectivity index (χ0v) is 8.98. The fourth-order valence-corrected chi connectivity index (χ4v) is 1.19. The lowest BCUT2D eigenvalue weighted by Gasteiger charge is -2.16. The predicted molar refractivity (Wildman–Crippen MR) is 56.5 cm³/mol. The number of hydrogen-bond donors (Lipinski definition) is 1. The van der Waals surface area contributed by atoms with Gasteiger partial charge in [0.25, 0.3) is 5.91 Å². The van der Waals surface area contributed by atoms with Crippen LogP contribution in [-0.2, 0) is 4.84 Å². The maximum Gasteiger partial charge on any atom is 0.283 e. The lowest BCUT2D eigenvalue weighted by Crippen LogP contribution is -2.26. The SMILES string of the molecule is COc1cccc(N)c1C(=O)N(C)OC. The molecule has 0 unspecified atom stereocenters. The van der Waals surface area contributed by atoms with E-state index in [0.717, 1.165) is 5.06 Å². The van der Waals surface area contributed by atoms with E-state index < -0.39 is 0 Å². The highest BCUT2D eigenvalue weighted by molar-refractivity contribution is 6.01. The van der Waals surface area contributed by atoms with Crippen LogP contribution in [0.1, 0.15) is 10.4 Å². The summed E-state index contributed by atoms with van der Waals surface area (Å²) in [4.78, 5) is 16.6. The summed E-state index contributed by atoms with van der Waals surface area (Å²) < 4.78 is 5.06. The monoisotopic (exact) mass is 210 g/mol. The number of benzene rings is 1. The maximum absolute atomic E-state index is 11.8. The highest BCUT2D eigenvalue weighted by Crippen LogP contribution is 2.25. The van der Waals surface area contributed by atoms with Crippen LogP contribution in [0.4, 0.5) is 5.69 Å². The van der Waals surface area contributed by atoms with Gasteiger partial charge in [-0.15, -0.1) is 0 Å². The zero-order valence-electron chi connectivity index (χ0n) is 8.98. The third-order valence-electron chi connectivity index (χ3n) is 2.05. The average molecular weight is 210 g/mol. The smallest absolute Gasteiger partial charge is 0.283 e. The van der Waals surface area contributed by atoms with E-state index in [2.05, 4.69) is 0 Å². The molecule has 0 spiro atoms. The van der Waals surface area contributed by atoms with E-state index in [1.165, 1.54) is 21.3 Å². The van der Waals surface area contributed by atoms with Gasteiger partial charge in [-0.2, -0.15) is 0 Å². The summed E-state index contributed by atoms with van der Waals surface area (Å²) >= 11 is 0. The topological polar surface area (TPSA) is 64.8 Å². The summed E-state index contributed by atoms with van der Waals surface area (Å²) in [6.07, 6.45) is 0. The molecule has 0 atom stereocenters. The molecule has 0 saturated carbocycles. The van der Waals surface area contributed by atoms with Crippen molar-refractivity contribution in [3.63, 3.8) is 0 Å². The number of carbonyl (C=O) groups is 1. The largest absolute Gasteiger partial charge is 0.496 e. The van der Waals surface area contributed by atoms with Crippen molar-refractivity contribution in [2.75, 3.05) is 27.0 Å². The lowest BCUT2D eigenvalue weighted by atomic mass is 10.1. The second-order valence-corrected chi connectivity index (χ2v) is 2.91. The number of nitrogens with zero attached hydrogens (tertiary/aromatic N) is 1. The first-order chi connectivity index (χ1) is 7.11. The predicted octanol–water partition coefficient (Wildman–Crippen LogP) is 0.911. The molecule has 0 bridgehead atoms. The highest BCUT2D eigenvalue weighted by Gasteiger charge is 2.19. The molecule has 1 amide bonds. The first kappa shape index (κ1) is 11.3. The highest BCUT2D eigenvalue weighted by atomic mass is 16.7. The van der Waals surface area contributed by atoms with E-state index in [1.807, 2.05) is 0 Å². The van der Waals surface area contributed by atoms with Crippen molar-refractivity contribution < 1.29 is 14.4 Å². The fourth-order valence-electron chi connectivity index (χ4n) is 1.19. The number of nitrogen functional groups attached to an aromatic ring is 1. The number of anilines is 1. The molecular formula is C10H14N2O3. The number of hydrogen-bond acceptors (Lipinski definition) is 4. The number of amides is 1. The molecule has 1 aromatic carbocycles. The standard InChI is InChI=1S/C10H14N2O3/c1-12(15-3)10(13)9-7(11)5-4-6-8(9)14-2/h4-6H,11H2,1-3H3. The Hall–Kier alpha value is -1.75. The molecule has 2 N–H and O–H groups in total. The Morgan fingerprint density at radius 2 is 2.07 bits per heavy atom. The van der Waals surface area contributed by atoms with E-state index >= 15 is 0 Å². The van der Waals surface area contributed by atoms with Crippen molar-refractivity contribution in [2.45, 2.75) is 0 Å². The van der Waals surface area contributed by atoms with Gasteiger partial charge in [0, 0.05) is 12.7 Å². The van der Waals surface area contributed by atoms with Crippen molar-refractivity contribution in [1.82, 2.24) is 5.06 Å². The first-order valence-corrected chi connectivity index (χ1v) is 4.36. The number of ether oxygens (including phenoxy) is 1. The molecule has 15 heavy (non-hydrogen) atoms. The summed E-state index contributed by atoms with van der Waals surface area (Å²) in [7, 11) is 4.40. The summed E-state index contributed by atoms with van der Waals surface area (Å²) in [5, 5.41) is 1.09. The van der Waals surface area contributed by atoms with Crippen LogP contribution >= 0.6 is 0 Å². The molecule has 0 radical (unpaired) electrons. The van der Waals surface area contributed by atoms with E-state index in [1.54, 1.807) is 18.2 Å². The molecule has 0 aliphatic carbocycles. The van der Waals surface area contributed by atoms with Crippen LogP contribution in [0.3, 0.4) is 0 Å². The number of carbonyl (C=O) groups excluding carboxylic acids is 1. The summed E-state index contributed by atoms with van der Waals surface area (Å²) in [5.74, 6) is 0.0938. The number of nitrogens with two attached hydrogens (primary N) is 1. The summed E-state index contributed by atoms with van der Waals surface area (Å²) in [6.45, 7) is 0. The molecule has 0 fully saturated rings. The van der Waals surface area contributed by atoms with Crippen LogP contribution in [0.5, 0.6) is 5.75 Å². The van der Waals surface area contributed by atoms with Gasteiger partial charge in [0.05, 0.1) is 14.2 Å². The van der Waals surface area contributed by atoms with Gasteiger partial charge >= 0.3 is 0 Å². The van der Waals surface area contributed by atoms with Gasteiger partial charge in [-0.3, -0.25) is 9.63 Å². The molecule has 0 aromatic heterocycles. The maximum atomic E-state index is 11.8. The van der Waals surface area contributed by atoms with Gasteiger partial charge in [0.2, 0.25) is 0 Å². The molecule has 5 heteroatoms. The Morgan fingerprint density at radius 1 is 1.40 bits per heavy atom. The summed E-state index contributed by atoms with van der Waals surface area (Å²) in [5.41, 5.74) is 6.38. The van der Waals surface area contributed by atoms with Crippen molar-refractivity contribution in [2.24, 2.45) is 0 Å². The second-order valence-electron chi connectivity index (χ2n) is 2.91. The third-order valence-corrected chi connectivity index (χ3v) is 2.05. The van der Waals surface area contributed by atoms with Crippen LogP contribution in [0, 0.1) is 0 Å². The Bertz CT molecular complexity index is 366. The molecule has 0 saturated heterocycles. The van der Waals surface area contributed by atoms with Crippen LogP contribution < -0.4 is 10.5 Å². The van der Waals surface area contributed by atoms with Gasteiger partial charge in [0.15, 0.2) is 0 Å². The Labute approximate surface area is 88.3 Å². The van der Waals surface area contributed by atoms with E-state index in [4.69, 9.17) is 15.3 Å². The van der Waals surface area contributed by atoms with Crippen LogP contribution in [0.25, 0.3) is 0 Å². The second kappa shape index (κ2) is 4.65. The molecular weight excluding hydrogens is 196 g/mol. The van der Waals surface area contributed by atoms with Crippen molar-refractivity contribution in [1.29, 1.82) is 0 Å². The average Bonchev–Trinajstić information content (AvgIpc) is 2.26. The van der Waals surface area contributed by atoms with Gasteiger partial charge in [0.1, 0.15) is 11.3 Å². The molecule has 5 nitrogen and oxygen atoms in total. The molecule has 82 valence electrons.